The predicted octanol–water partition coefficient (Wildman–Crippen LogP) is 3.14. The molecule has 7 nitrogen and oxygen atoms in total. The molecule has 0 radical (unpaired) electrons. The van der Waals surface area contributed by atoms with Gasteiger partial charge in [-0.15, -0.1) is 0 Å². The molecule has 0 spiro atoms. The molecule has 0 bridgehead atoms. The van der Waals surface area contributed by atoms with Gasteiger partial charge in [0.25, 0.3) is 0 Å². The smallest absolute Gasteiger partial charge is 0.226 e. The summed E-state index contributed by atoms with van der Waals surface area (Å²) in [5.74, 6) is 0.707. The first-order valence-corrected chi connectivity index (χ1v) is 9.08. The molecule has 0 saturated carbocycles. The topological polar surface area (TPSA) is 77.6 Å². The second kappa shape index (κ2) is 6.45. The SMILES string of the molecule is Cn1nc(-c2ccccc2)c2c1NC(=O)CC2c1ccc(-n2cncn2)cc1. The van der Waals surface area contributed by atoms with Gasteiger partial charge in [-0.3, -0.25) is 9.48 Å². The van der Waals surface area contributed by atoms with Gasteiger partial charge in [0.05, 0.1) is 11.4 Å². The van der Waals surface area contributed by atoms with Crippen LogP contribution in [0, 0.1) is 0 Å². The number of benzene rings is 2. The van der Waals surface area contributed by atoms with Gasteiger partial charge >= 0.3 is 0 Å². The molecule has 3 heterocycles. The van der Waals surface area contributed by atoms with E-state index in [1.54, 1.807) is 15.7 Å². The van der Waals surface area contributed by atoms with Crippen LogP contribution in [0.4, 0.5) is 5.82 Å². The Morgan fingerprint density at radius 3 is 2.57 bits per heavy atom. The Kier molecular flexibility index (Phi) is 3.79. The van der Waals surface area contributed by atoms with Gasteiger partial charge in [-0.2, -0.15) is 10.2 Å². The molecule has 0 saturated heterocycles. The molecule has 1 unspecified atom stereocenters. The molecule has 1 atom stereocenters. The average Bonchev–Trinajstić information content (AvgIpc) is 3.37. The molecule has 5 rings (SSSR count). The van der Waals surface area contributed by atoms with Crippen LogP contribution in [0.1, 0.15) is 23.5 Å². The highest BCUT2D eigenvalue weighted by Crippen LogP contribution is 2.42. The molecule has 1 aliphatic rings. The normalized spacial score (nSPS) is 15.9. The van der Waals surface area contributed by atoms with Crippen molar-refractivity contribution < 1.29 is 4.79 Å². The molecule has 2 aromatic heterocycles. The fourth-order valence-electron chi connectivity index (χ4n) is 3.78. The number of rotatable bonds is 3. The average molecular weight is 370 g/mol. The van der Waals surface area contributed by atoms with E-state index in [0.717, 1.165) is 33.9 Å². The molecular formula is C21H18N6O. The van der Waals surface area contributed by atoms with E-state index in [0.29, 0.717) is 6.42 Å². The van der Waals surface area contributed by atoms with E-state index in [1.165, 1.54) is 6.33 Å². The summed E-state index contributed by atoms with van der Waals surface area (Å²) in [7, 11) is 1.86. The Morgan fingerprint density at radius 1 is 1.07 bits per heavy atom. The summed E-state index contributed by atoms with van der Waals surface area (Å²) in [5, 5.41) is 11.9. The minimum atomic E-state index is -0.0579. The Labute approximate surface area is 161 Å². The maximum Gasteiger partial charge on any atom is 0.226 e. The van der Waals surface area contributed by atoms with Crippen LogP contribution in [0.5, 0.6) is 0 Å². The summed E-state index contributed by atoms with van der Waals surface area (Å²) in [4.78, 5) is 16.4. The van der Waals surface area contributed by atoms with Crippen molar-refractivity contribution in [1.29, 1.82) is 0 Å². The Bertz CT molecular complexity index is 1130. The molecule has 4 aromatic rings. The van der Waals surface area contributed by atoms with Crippen LogP contribution in [0.15, 0.2) is 67.3 Å². The standard InChI is InChI=1S/C21H18N6O/c1-26-21-19(20(25-26)15-5-3-2-4-6-15)17(11-18(28)24-21)14-7-9-16(10-8-14)27-13-22-12-23-27/h2-10,12-13,17H,11H2,1H3,(H,24,28). The summed E-state index contributed by atoms with van der Waals surface area (Å²) in [5.41, 5.74) is 5.01. The Hall–Kier alpha value is -3.74. The minimum Gasteiger partial charge on any atom is -0.311 e. The number of fused-ring (bicyclic) bond motifs is 1. The molecule has 2 aromatic carbocycles. The minimum absolute atomic E-state index is 0.000430. The number of hydrogen-bond acceptors (Lipinski definition) is 4. The molecule has 1 aliphatic heterocycles. The lowest BCUT2D eigenvalue weighted by molar-refractivity contribution is -0.116. The van der Waals surface area contributed by atoms with Crippen LogP contribution in [-0.2, 0) is 11.8 Å². The maximum atomic E-state index is 12.4. The van der Waals surface area contributed by atoms with E-state index in [1.807, 2.05) is 61.6 Å². The van der Waals surface area contributed by atoms with Crippen molar-refractivity contribution in [3.63, 3.8) is 0 Å². The van der Waals surface area contributed by atoms with E-state index in [9.17, 15) is 4.79 Å². The fraction of sp³-hybridized carbons (Fsp3) is 0.143. The van der Waals surface area contributed by atoms with Gasteiger partial charge in [0.1, 0.15) is 18.5 Å². The third-order valence-corrected chi connectivity index (χ3v) is 5.11. The molecule has 0 fully saturated rings. The molecule has 28 heavy (non-hydrogen) atoms. The molecule has 7 heteroatoms. The number of carbonyl (C=O) groups excluding carboxylic acids is 1. The van der Waals surface area contributed by atoms with Gasteiger partial charge in [0.15, 0.2) is 0 Å². The zero-order valence-corrected chi connectivity index (χ0v) is 15.3. The lowest BCUT2D eigenvalue weighted by Crippen LogP contribution is -2.24. The maximum absolute atomic E-state index is 12.4. The van der Waals surface area contributed by atoms with E-state index in [2.05, 4.69) is 15.4 Å². The van der Waals surface area contributed by atoms with Gasteiger partial charge in [-0.05, 0) is 17.7 Å². The van der Waals surface area contributed by atoms with Crippen molar-refractivity contribution in [2.24, 2.45) is 7.05 Å². The third kappa shape index (κ3) is 2.68. The van der Waals surface area contributed by atoms with Crippen LogP contribution in [0.2, 0.25) is 0 Å². The van der Waals surface area contributed by atoms with Crippen molar-refractivity contribution in [1.82, 2.24) is 24.5 Å². The van der Waals surface area contributed by atoms with Gasteiger partial charge in [0, 0.05) is 30.5 Å². The van der Waals surface area contributed by atoms with Crippen molar-refractivity contribution in [3.8, 4) is 16.9 Å². The number of amides is 1. The van der Waals surface area contributed by atoms with Crippen LogP contribution >= 0.6 is 0 Å². The molecular weight excluding hydrogens is 352 g/mol. The summed E-state index contributed by atoms with van der Waals surface area (Å²) >= 11 is 0. The monoisotopic (exact) mass is 370 g/mol. The Balaban J connectivity index is 1.61. The molecule has 1 amide bonds. The molecule has 138 valence electrons. The van der Waals surface area contributed by atoms with E-state index >= 15 is 0 Å². The number of nitrogens with one attached hydrogen (secondary N) is 1. The summed E-state index contributed by atoms with van der Waals surface area (Å²) in [6.07, 6.45) is 3.56. The number of aromatic nitrogens is 5. The highest BCUT2D eigenvalue weighted by Gasteiger charge is 2.33. The summed E-state index contributed by atoms with van der Waals surface area (Å²) < 4.78 is 3.47. The summed E-state index contributed by atoms with van der Waals surface area (Å²) in [6, 6.07) is 18.2. The zero-order chi connectivity index (χ0) is 19.1. The van der Waals surface area contributed by atoms with Crippen LogP contribution < -0.4 is 5.32 Å². The van der Waals surface area contributed by atoms with Crippen molar-refractivity contribution >= 4 is 11.7 Å². The quantitative estimate of drug-likeness (QED) is 0.601. The van der Waals surface area contributed by atoms with E-state index in [-0.39, 0.29) is 11.8 Å². The highest BCUT2D eigenvalue weighted by atomic mass is 16.1. The highest BCUT2D eigenvalue weighted by molar-refractivity contribution is 5.96. The lowest BCUT2D eigenvalue weighted by Gasteiger charge is -2.24. The largest absolute Gasteiger partial charge is 0.311 e. The van der Waals surface area contributed by atoms with Gasteiger partial charge in [-0.1, -0.05) is 42.5 Å². The summed E-state index contributed by atoms with van der Waals surface area (Å²) in [6.45, 7) is 0. The first kappa shape index (κ1) is 16.4. The second-order valence-corrected chi connectivity index (χ2v) is 6.84. The second-order valence-electron chi connectivity index (χ2n) is 6.84. The number of hydrogen-bond donors (Lipinski definition) is 1. The van der Waals surface area contributed by atoms with Crippen molar-refractivity contribution in [2.75, 3.05) is 5.32 Å². The number of carbonyl (C=O) groups is 1. The fourth-order valence-corrected chi connectivity index (χ4v) is 3.78. The Morgan fingerprint density at radius 2 is 1.86 bits per heavy atom. The van der Waals surface area contributed by atoms with Crippen molar-refractivity contribution in [3.05, 3.63) is 78.4 Å². The van der Waals surface area contributed by atoms with E-state index < -0.39 is 0 Å². The van der Waals surface area contributed by atoms with Crippen LogP contribution in [0.25, 0.3) is 16.9 Å². The van der Waals surface area contributed by atoms with Gasteiger partial charge in [-0.25, -0.2) is 9.67 Å². The first-order chi connectivity index (χ1) is 13.7. The zero-order valence-electron chi connectivity index (χ0n) is 15.3. The number of anilines is 1. The predicted molar refractivity (Wildman–Crippen MR) is 105 cm³/mol. The molecule has 0 aliphatic carbocycles. The van der Waals surface area contributed by atoms with Crippen molar-refractivity contribution in [2.45, 2.75) is 12.3 Å². The number of nitrogens with zero attached hydrogens (tertiary/aromatic N) is 5. The van der Waals surface area contributed by atoms with Crippen LogP contribution in [0.3, 0.4) is 0 Å². The third-order valence-electron chi connectivity index (χ3n) is 5.11. The number of aryl methyl sites for hydroxylation is 1. The lowest BCUT2D eigenvalue weighted by atomic mass is 9.84. The molecule has 1 N–H and O–H groups in total. The van der Waals surface area contributed by atoms with Gasteiger partial charge in [0.2, 0.25) is 5.91 Å². The van der Waals surface area contributed by atoms with Crippen LogP contribution in [-0.4, -0.2) is 30.5 Å². The van der Waals surface area contributed by atoms with E-state index in [4.69, 9.17) is 5.10 Å². The first-order valence-electron chi connectivity index (χ1n) is 9.08. The van der Waals surface area contributed by atoms with Gasteiger partial charge < -0.3 is 5.32 Å².